The minimum absolute atomic E-state index is 0.0468. The van der Waals surface area contributed by atoms with Gasteiger partial charge in [-0.2, -0.15) is 0 Å². The predicted molar refractivity (Wildman–Crippen MR) is 71.8 cm³/mol. The first-order chi connectivity index (χ1) is 10.1. The molecule has 2 N–H and O–H groups in total. The molecule has 0 radical (unpaired) electrons. The molecule has 1 aromatic carbocycles. The van der Waals surface area contributed by atoms with E-state index in [2.05, 4.69) is 5.43 Å². The van der Waals surface area contributed by atoms with E-state index in [4.69, 9.17) is 9.84 Å². The Bertz CT molecular complexity index is 527. The Labute approximate surface area is 121 Å². The van der Waals surface area contributed by atoms with Crippen molar-refractivity contribution < 1.29 is 24.2 Å². The van der Waals surface area contributed by atoms with Crippen LogP contribution in [0.4, 0.5) is 4.79 Å². The standard InChI is InChI=1S/C14H16N2O5/c17-12(18)8-16(13(19)11-6-7-11)15-14(20)21-9-10-4-2-1-3-5-10/h1-5,11H,6-9H2,(H,15,20)(H,17,18). The normalized spacial score (nSPS) is 13.3. The Morgan fingerprint density at radius 3 is 2.48 bits per heavy atom. The summed E-state index contributed by atoms with van der Waals surface area (Å²) in [6.07, 6.45) is 0.583. The number of rotatable bonds is 5. The van der Waals surface area contributed by atoms with Crippen molar-refractivity contribution in [3.63, 3.8) is 0 Å². The number of nitrogens with zero attached hydrogens (tertiary/aromatic N) is 1. The molecule has 21 heavy (non-hydrogen) atoms. The van der Waals surface area contributed by atoms with E-state index in [9.17, 15) is 14.4 Å². The van der Waals surface area contributed by atoms with Crippen LogP contribution < -0.4 is 5.43 Å². The van der Waals surface area contributed by atoms with E-state index in [0.717, 1.165) is 23.4 Å². The molecular weight excluding hydrogens is 276 g/mol. The second-order valence-corrected chi connectivity index (χ2v) is 4.77. The molecule has 2 amide bonds. The number of hydrazine groups is 1. The maximum Gasteiger partial charge on any atom is 0.426 e. The lowest BCUT2D eigenvalue weighted by Crippen LogP contribution is -2.49. The number of aliphatic carboxylic acids is 1. The van der Waals surface area contributed by atoms with E-state index in [0.29, 0.717) is 0 Å². The van der Waals surface area contributed by atoms with Crippen LogP contribution in [0.5, 0.6) is 0 Å². The zero-order valence-corrected chi connectivity index (χ0v) is 11.3. The Morgan fingerprint density at radius 2 is 1.90 bits per heavy atom. The summed E-state index contributed by atoms with van der Waals surface area (Å²) in [5, 5.41) is 9.57. The van der Waals surface area contributed by atoms with Gasteiger partial charge in [-0.3, -0.25) is 9.59 Å². The molecule has 112 valence electrons. The SMILES string of the molecule is O=C(O)CN(NC(=O)OCc1ccccc1)C(=O)C1CC1. The highest BCUT2D eigenvalue weighted by atomic mass is 16.6. The molecule has 1 fully saturated rings. The van der Waals surface area contributed by atoms with Gasteiger partial charge in [0.2, 0.25) is 5.91 Å². The van der Waals surface area contributed by atoms with Crippen LogP contribution in [-0.2, 0) is 20.9 Å². The summed E-state index contributed by atoms with van der Waals surface area (Å²) in [5.41, 5.74) is 2.98. The molecule has 0 saturated heterocycles. The third kappa shape index (κ3) is 4.79. The Morgan fingerprint density at radius 1 is 1.24 bits per heavy atom. The highest BCUT2D eigenvalue weighted by molar-refractivity contribution is 5.86. The van der Waals surface area contributed by atoms with E-state index in [1.807, 2.05) is 18.2 Å². The first-order valence-corrected chi connectivity index (χ1v) is 6.57. The lowest BCUT2D eigenvalue weighted by Gasteiger charge is -2.20. The molecule has 0 bridgehead atoms. The van der Waals surface area contributed by atoms with Crippen molar-refractivity contribution >= 4 is 18.0 Å². The quantitative estimate of drug-likeness (QED) is 0.794. The third-order valence-corrected chi connectivity index (χ3v) is 2.92. The molecule has 0 atom stereocenters. The number of amides is 2. The number of hydrogen-bond acceptors (Lipinski definition) is 4. The highest BCUT2D eigenvalue weighted by Gasteiger charge is 2.35. The van der Waals surface area contributed by atoms with Crippen LogP contribution in [0.25, 0.3) is 0 Å². The van der Waals surface area contributed by atoms with Gasteiger partial charge in [0, 0.05) is 5.92 Å². The number of carboxylic acids is 1. The molecule has 7 heteroatoms. The number of carbonyl (C=O) groups is 3. The summed E-state index contributed by atoms with van der Waals surface area (Å²) >= 11 is 0. The lowest BCUT2D eigenvalue weighted by atomic mass is 10.2. The minimum atomic E-state index is -1.20. The first kappa shape index (κ1) is 14.8. The molecule has 1 saturated carbocycles. The summed E-state index contributed by atoms with van der Waals surface area (Å²) in [6.45, 7) is -0.541. The second kappa shape index (κ2) is 6.74. The smallest absolute Gasteiger partial charge is 0.426 e. The van der Waals surface area contributed by atoms with Gasteiger partial charge in [0.25, 0.3) is 0 Å². The second-order valence-electron chi connectivity index (χ2n) is 4.77. The van der Waals surface area contributed by atoms with Gasteiger partial charge >= 0.3 is 12.1 Å². The fourth-order valence-corrected chi connectivity index (χ4v) is 1.72. The van der Waals surface area contributed by atoms with Crippen LogP contribution in [0.3, 0.4) is 0 Å². The molecule has 0 aliphatic heterocycles. The van der Waals surface area contributed by atoms with Crippen LogP contribution in [0.1, 0.15) is 18.4 Å². The highest BCUT2D eigenvalue weighted by Crippen LogP contribution is 2.30. The predicted octanol–water partition coefficient (Wildman–Crippen LogP) is 1.15. The monoisotopic (exact) mass is 292 g/mol. The van der Waals surface area contributed by atoms with Gasteiger partial charge in [0.05, 0.1) is 0 Å². The largest absolute Gasteiger partial charge is 0.480 e. The minimum Gasteiger partial charge on any atom is -0.480 e. The van der Waals surface area contributed by atoms with Crippen molar-refractivity contribution in [2.75, 3.05) is 6.54 Å². The molecule has 1 aliphatic rings. The van der Waals surface area contributed by atoms with E-state index in [-0.39, 0.29) is 12.5 Å². The zero-order chi connectivity index (χ0) is 15.2. The molecule has 2 rings (SSSR count). The lowest BCUT2D eigenvalue weighted by molar-refractivity contribution is -0.147. The molecule has 7 nitrogen and oxygen atoms in total. The number of nitrogens with one attached hydrogen (secondary N) is 1. The number of benzene rings is 1. The topological polar surface area (TPSA) is 95.9 Å². The zero-order valence-electron chi connectivity index (χ0n) is 11.3. The Kier molecular flexibility index (Phi) is 4.76. The molecule has 0 unspecified atom stereocenters. The molecular formula is C14H16N2O5. The third-order valence-electron chi connectivity index (χ3n) is 2.92. The van der Waals surface area contributed by atoms with Gasteiger partial charge in [-0.1, -0.05) is 30.3 Å². The van der Waals surface area contributed by atoms with E-state index in [1.165, 1.54) is 0 Å². The summed E-state index contributed by atoms with van der Waals surface area (Å²) in [5.74, 6) is -1.79. The van der Waals surface area contributed by atoms with Crippen molar-refractivity contribution in [1.82, 2.24) is 10.4 Å². The summed E-state index contributed by atoms with van der Waals surface area (Å²) in [7, 11) is 0. The maximum atomic E-state index is 11.8. The van der Waals surface area contributed by atoms with Crippen molar-refractivity contribution in [2.24, 2.45) is 5.92 Å². The van der Waals surface area contributed by atoms with Gasteiger partial charge < -0.3 is 9.84 Å². The number of carbonyl (C=O) groups excluding carboxylic acids is 2. The molecule has 0 aromatic heterocycles. The van der Waals surface area contributed by atoms with Gasteiger partial charge in [-0.05, 0) is 18.4 Å². The van der Waals surface area contributed by atoms with Gasteiger partial charge in [-0.25, -0.2) is 15.2 Å². The van der Waals surface area contributed by atoms with Gasteiger partial charge in [0.1, 0.15) is 13.2 Å². The number of ether oxygens (including phenoxy) is 1. The van der Waals surface area contributed by atoms with Gasteiger partial charge in [0.15, 0.2) is 0 Å². The number of carboxylic acid groups (broad SMARTS) is 1. The maximum absolute atomic E-state index is 11.8. The van der Waals surface area contributed by atoms with Crippen molar-refractivity contribution in [1.29, 1.82) is 0 Å². The number of hydrogen-bond donors (Lipinski definition) is 2. The van der Waals surface area contributed by atoms with Gasteiger partial charge in [-0.15, -0.1) is 0 Å². The van der Waals surface area contributed by atoms with Crippen LogP contribution >= 0.6 is 0 Å². The van der Waals surface area contributed by atoms with Crippen molar-refractivity contribution in [2.45, 2.75) is 19.4 Å². The molecule has 1 aromatic rings. The summed E-state index contributed by atoms with van der Waals surface area (Å²) in [6, 6.07) is 9.04. The molecule has 0 spiro atoms. The van der Waals surface area contributed by atoms with Crippen LogP contribution in [0, 0.1) is 5.92 Å². The van der Waals surface area contributed by atoms with Crippen molar-refractivity contribution in [3.05, 3.63) is 35.9 Å². The summed E-state index contributed by atoms with van der Waals surface area (Å²) in [4.78, 5) is 34.2. The van der Waals surface area contributed by atoms with Crippen LogP contribution in [-0.4, -0.2) is 34.6 Å². The fourth-order valence-electron chi connectivity index (χ4n) is 1.72. The Balaban J connectivity index is 1.85. The van der Waals surface area contributed by atoms with Crippen molar-refractivity contribution in [3.8, 4) is 0 Å². The van der Waals surface area contributed by atoms with Crippen LogP contribution in [0.15, 0.2) is 30.3 Å². The Hall–Kier alpha value is -2.57. The fraction of sp³-hybridized carbons (Fsp3) is 0.357. The average Bonchev–Trinajstić information content (AvgIpc) is 3.29. The van der Waals surface area contributed by atoms with E-state index >= 15 is 0 Å². The van der Waals surface area contributed by atoms with Crippen LogP contribution in [0.2, 0.25) is 0 Å². The average molecular weight is 292 g/mol. The summed E-state index contributed by atoms with van der Waals surface area (Å²) < 4.78 is 4.95. The van der Waals surface area contributed by atoms with E-state index < -0.39 is 24.5 Å². The molecule has 1 aliphatic carbocycles. The first-order valence-electron chi connectivity index (χ1n) is 6.57. The van der Waals surface area contributed by atoms with E-state index in [1.54, 1.807) is 12.1 Å². The molecule has 0 heterocycles.